The van der Waals surface area contributed by atoms with Gasteiger partial charge in [0.1, 0.15) is 11.4 Å². The Balaban J connectivity index is 2.21. The third kappa shape index (κ3) is 3.04. The lowest BCUT2D eigenvalue weighted by Crippen LogP contribution is -2.49. The summed E-state index contributed by atoms with van der Waals surface area (Å²) in [5.41, 5.74) is 0.367. The molecular formula is C14H20N2O3. The molecule has 1 aliphatic rings. The van der Waals surface area contributed by atoms with Crippen LogP contribution in [0.3, 0.4) is 0 Å². The Morgan fingerprint density at radius 1 is 1.58 bits per heavy atom. The van der Waals surface area contributed by atoms with Crippen molar-refractivity contribution in [2.45, 2.75) is 38.3 Å². The maximum Gasteiger partial charge on any atom is 0.272 e. The maximum atomic E-state index is 12.5. The van der Waals surface area contributed by atoms with E-state index in [4.69, 9.17) is 4.74 Å². The first-order valence-electron chi connectivity index (χ1n) is 6.62. The molecular weight excluding hydrogens is 244 g/mol. The second-order valence-corrected chi connectivity index (χ2v) is 4.88. The van der Waals surface area contributed by atoms with Crippen molar-refractivity contribution >= 4 is 5.91 Å². The van der Waals surface area contributed by atoms with Crippen LogP contribution in [0.1, 0.15) is 36.7 Å². The Hall–Kier alpha value is -1.62. The smallest absolute Gasteiger partial charge is 0.272 e. The van der Waals surface area contributed by atoms with Gasteiger partial charge in [-0.3, -0.25) is 9.78 Å². The summed E-state index contributed by atoms with van der Waals surface area (Å²) in [5, 5.41) is 9.81. The highest BCUT2D eigenvalue weighted by molar-refractivity contribution is 5.93. The molecule has 0 bridgehead atoms. The number of carbonyl (C=O) groups excluding carboxylic acids is 1. The number of rotatable bonds is 3. The van der Waals surface area contributed by atoms with Crippen LogP contribution in [0.15, 0.2) is 18.3 Å². The Bertz CT molecular complexity index is 448. The summed E-state index contributed by atoms with van der Waals surface area (Å²) in [7, 11) is 1.56. The fourth-order valence-electron chi connectivity index (χ4n) is 2.51. The summed E-state index contributed by atoms with van der Waals surface area (Å²) < 4.78 is 5.11. The minimum absolute atomic E-state index is 0.116. The Morgan fingerprint density at radius 2 is 2.37 bits per heavy atom. The van der Waals surface area contributed by atoms with Gasteiger partial charge in [-0.15, -0.1) is 0 Å². The molecule has 1 aromatic rings. The Morgan fingerprint density at radius 3 is 3.05 bits per heavy atom. The van der Waals surface area contributed by atoms with Crippen molar-refractivity contribution < 1.29 is 14.6 Å². The molecule has 2 unspecified atom stereocenters. The molecule has 19 heavy (non-hydrogen) atoms. The van der Waals surface area contributed by atoms with Crippen LogP contribution in [-0.4, -0.2) is 46.7 Å². The van der Waals surface area contributed by atoms with Crippen molar-refractivity contribution in [3.8, 4) is 5.75 Å². The molecule has 2 rings (SSSR count). The second kappa shape index (κ2) is 6.02. The van der Waals surface area contributed by atoms with Crippen LogP contribution in [0.4, 0.5) is 0 Å². The molecule has 0 aromatic carbocycles. The number of aliphatic hydroxyl groups is 1. The predicted molar refractivity (Wildman–Crippen MR) is 71.1 cm³/mol. The van der Waals surface area contributed by atoms with E-state index >= 15 is 0 Å². The summed E-state index contributed by atoms with van der Waals surface area (Å²) in [6.45, 7) is 2.41. The zero-order chi connectivity index (χ0) is 13.8. The molecule has 1 aliphatic heterocycles. The van der Waals surface area contributed by atoms with Gasteiger partial charge in [0.15, 0.2) is 0 Å². The van der Waals surface area contributed by atoms with Gasteiger partial charge in [0.2, 0.25) is 0 Å². The summed E-state index contributed by atoms with van der Waals surface area (Å²) in [5.74, 6) is 0.480. The fourth-order valence-corrected chi connectivity index (χ4v) is 2.51. The molecule has 104 valence electrons. The molecule has 0 aliphatic carbocycles. The molecule has 1 saturated heterocycles. The van der Waals surface area contributed by atoms with Crippen LogP contribution in [0, 0.1) is 0 Å². The third-order valence-electron chi connectivity index (χ3n) is 3.55. The zero-order valence-corrected chi connectivity index (χ0v) is 11.4. The van der Waals surface area contributed by atoms with Crippen molar-refractivity contribution in [2.75, 3.05) is 13.7 Å². The summed E-state index contributed by atoms with van der Waals surface area (Å²) in [6, 6.07) is 3.23. The Labute approximate surface area is 113 Å². The Kier molecular flexibility index (Phi) is 4.37. The van der Waals surface area contributed by atoms with E-state index < -0.39 is 6.10 Å². The van der Waals surface area contributed by atoms with E-state index in [2.05, 4.69) is 4.98 Å². The SMILES string of the molecule is COc1ccnc(C(=O)N2CCCCC2C(C)O)c1. The van der Waals surface area contributed by atoms with E-state index in [-0.39, 0.29) is 11.9 Å². The number of methoxy groups -OCH3 is 1. The van der Waals surface area contributed by atoms with Crippen molar-refractivity contribution in [1.82, 2.24) is 9.88 Å². The highest BCUT2D eigenvalue weighted by Gasteiger charge is 2.31. The average molecular weight is 264 g/mol. The highest BCUT2D eigenvalue weighted by Crippen LogP contribution is 2.22. The van der Waals surface area contributed by atoms with Crippen LogP contribution in [0.25, 0.3) is 0 Å². The number of hydrogen-bond acceptors (Lipinski definition) is 4. The molecule has 1 N–H and O–H groups in total. The number of likely N-dealkylation sites (tertiary alicyclic amines) is 1. The van der Waals surface area contributed by atoms with Crippen LogP contribution in [-0.2, 0) is 0 Å². The number of aromatic nitrogens is 1. The summed E-state index contributed by atoms with van der Waals surface area (Å²) in [6.07, 6.45) is 3.90. The third-order valence-corrected chi connectivity index (χ3v) is 3.55. The number of carbonyl (C=O) groups is 1. The van der Waals surface area contributed by atoms with Gasteiger partial charge in [-0.1, -0.05) is 0 Å². The molecule has 5 nitrogen and oxygen atoms in total. The number of aliphatic hydroxyl groups excluding tert-OH is 1. The van der Waals surface area contributed by atoms with E-state index in [9.17, 15) is 9.90 Å². The van der Waals surface area contributed by atoms with Crippen LogP contribution < -0.4 is 4.74 Å². The number of nitrogens with zero attached hydrogens (tertiary/aromatic N) is 2. The zero-order valence-electron chi connectivity index (χ0n) is 11.4. The van der Waals surface area contributed by atoms with Crippen molar-refractivity contribution in [3.63, 3.8) is 0 Å². The van der Waals surface area contributed by atoms with Crippen LogP contribution in [0.2, 0.25) is 0 Å². The van der Waals surface area contributed by atoms with Gasteiger partial charge in [0, 0.05) is 18.8 Å². The van der Waals surface area contributed by atoms with Crippen LogP contribution >= 0.6 is 0 Å². The fraction of sp³-hybridized carbons (Fsp3) is 0.571. The summed E-state index contributed by atoms with van der Waals surface area (Å²) in [4.78, 5) is 18.3. The minimum Gasteiger partial charge on any atom is -0.497 e. The number of ether oxygens (including phenoxy) is 1. The van der Waals surface area contributed by atoms with Crippen molar-refractivity contribution in [2.24, 2.45) is 0 Å². The van der Waals surface area contributed by atoms with Gasteiger partial charge in [0.25, 0.3) is 5.91 Å². The maximum absolute atomic E-state index is 12.5. The monoisotopic (exact) mass is 264 g/mol. The molecule has 1 aromatic heterocycles. The topological polar surface area (TPSA) is 62.7 Å². The number of hydrogen-bond donors (Lipinski definition) is 1. The molecule has 0 radical (unpaired) electrons. The van der Waals surface area contributed by atoms with E-state index in [0.29, 0.717) is 18.0 Å². The quantitative estimate of drug-likeness (QED) is 0.898. The van der Waals surface area contributed by atoms with Crippen LogP contribution in [0.5, 0.6) is 5.75 Å². The van der Waals surface area contributed by atoms with E-state index in [1.54, 1.807) is 37.3 Å². The lowest BCUT2D eigenvalue weighted by molar-refractivity contribution is 0.0276. The number of amides is 1. The van der Waals surface area contributed by atoms with Gasteiger partial charge in [0.05, 0.1) is 19.3 Å². The molecule has 2 heterocycles. The van der Waals surface area contributed by atoms with Crippen molar-refractivity contribution in [3.05, 3.63) is 24.0 Å². The van der Waals surface area contributed by atoms with Gasteiger partial charge in [-0.25, -0.2) is 0 Å². The summed E-state index contributed by atoms with van der Waals surface area (Å²) >= 11 is 0. The molecule has 5 heteroatoms. The first-order chi connectivity index (χ1) is 9.13. The van der Waals surface area contributed by atoms with Gasteiger partial charge in [-0.05, 0) is 32.3 Å². The highest BCUT2D eigenvalue weighted by atomic mass is 16.5. The average Bonchev–Trinajstić information content (AvgIpc) is 2.46. The molecule has 1 fully saturated rings. The second-order valence-electron chi connectivity index (χ2n) is 4.88. The normalized spacial score (nSPS) is 21.0. The van der Waals surface area contributed by atoms with E-state index in [1.165, 1.54) is 0 Å². The number of pyridine rings is 1. The largest absolute Gasteiger partial charge is 0.497 e. The van der Waals surface area contributed by atoms with E-state index in [0.717, 1.165) is 19.3 Å². The molecule has 0 saturated carbocycles. The molecule has 0 spiro atoms. The molecule has 1 amide bonds. The predicted octanol–water partition coefficient (Wildman–Crippen LogP) is 1.47. The first kappa shape index (κ1) is 13.8. The lowest BCUT2D eigenvalue weighted by Gasteiger charge is -2.37. The lowest BCUT2D eigenvalue weighted by atomic mass is 9.97. The molecule has 2 atom stereocenters. The van der Waals surface area contributed by atoms with Crippen molar-refractivity contribution in [1.29, 1.82) is 0 Å². The van der Waals surface area contributed by atoms with Gasteiger partial charge in [-0.2, -0.15) is 0 Å². The standard InChI is InChI=1S/C14H20N2O3/c1-10(17)13-5-3-4-8-16(13)14(18)12-9-11(19-2)6-7-15-12/h6-7,9-10,13,17H,3-5,8H2,1-2H3. The van der Waals surface area contributed by atoms with E-state index in [1.807, 2.05) is 0 Å². The first-order valence-corrected chi connectivity index (χ1v) is 6.62. The van der Waals surface area contributed by atoms with Gasteiger partial charge >= 0.3 is 0 Å². The minimum atomic E-state index is -0.519. The van der Waals surface area contributed by atoms with Gasteiger partial charge < -0.3 is 14.7 Å². The number of piperidine rings is 1.